The van der Waals surface area contributed by atoms with Crippen molar-refractivity contribution in [2.24, 2.45) is 5.92 Å². The Labute approximate surface area is 321 Å². The van der Waals surface area contributed by atoms with Crippen LogP contribution in [0.25, 0.3) is 11.1 Å². The number of halogens is 4. The number of carbonyl (C=O) groups is 3. The highest BCUT2D eigenvalue weighted by atomic mass is 35.5. The molecule has 1 aromatic heterocycles. The number of esters is 2. The molecule has 2 atom stereocenters. The number of alkyl halides is 2. The molecular formula is C40H38Cl2F2N2O8. The molecule has 1 saturated carbocycles. The molecule has 1 N–H and O–H groups in total. The van der Waals surface area contributed by atoms with Crippen molar-refractivity contribution in [1.29, 1.82) is 0 Å². The first-order chi connectivity index (χ1) is 26.1. The van der Waals surface area contributed by atoms with Crippen molar-refractivity contribution in [2.75, 3.05) is 19.8 Å². The second-order valence-electron chi connectivity index (χ2n) is 13.1. The topological polar surface area (TPSA) is 122 Å². The molecule has 10 nitrogen and oxygen atoms in total. The highest BCUT2D eigenvalue weighted by Crippen LogP contribution is 2.44. The summed E-state index contributed by atoms with van der Waals surface area (Å²) in [5.74, 6) is -1.39. The first-order valence-corrected chi connectivity index (χ1v) is 18.3. The first-order valence-electron chi connectivity index (χ1n) is 17.5. The summed E-state index contributed by atoms with van der Waals surface area (Å²) in [4.78, 5) is 42.8. The maximum atomic E-state index is 14.0. The number of ether oxygens (including phenoxy) is 5. The number of nitrogens with zero attached hydrogens (tertiary/aromatic N) is 1. The van der Waals surface area contributed by atoms with Gasteiger partial charge in [-0.2, -0.15) is 8.78 Å². The van der Waals surface area contributed by atoms with E-state index in [1.165, 1.54) is 37.5 Å². The van der Waals surface area contributed by atoms with Crippen molar-refractivity contribution >= 4 is 41.2 Å². The van der Waals surface area contributed by atoms with Crippen molar-refractivity contribution in [2.45, 2.75) is 63.7 Å². The van der Waals surface area contributed by atoms with E-state index in [1.54, 1.807) is 0 Å². The number of aromatic nitrogens is 1. The number of pyridine rings is 1. The minimum absolute atomic E-state index is 0.00735. The van der Waals surface area contributed by atoms with Gasteiger partial charge < -0.3 is 29.0 Å². The molecular weight excluding hydrogens is 745 g/mol. The highest BCUT2D eigenvalue weighted by molar-refractivity contribution is 6.35. The quantitative estimate of drug-likeness (QED) is 0.0636. The monoisotopic (exact) mass is 782 g/mol. The van der Waals surface area contributed by atoms with Gasteiger partial charge in [0.2, 0.25) is 0 Å². The molecule has 1 fully saturated rings. The van der Waals surface area contributed by atoms with Crippen molar-refractivity contribution in [3.05, 3.63) is 111 Å². The molecule has 0 spiro atoms. The van der Waals surface area contributed by atoms with Crippen LogP contribution in [0, 0.1) is 5.92 Å². The van der Waals surface area contributed by atoms with E-state index in [2.05, 4.69) is 10.3 Å². The number of alkyl carbamates (subject to hydrolysis) is 1. The number of rotatable bonds is 17. The molecule has 6 rings (SSSR count). The van der Waals surface area contributed by atoms with Crippen molar-refractivity contribution in [3.63, 3.8) is 0 Å². The molecule has 14 heteroatoms. The van der Waals surface area contributed by atoms with Crippen LogP contribution >= 0.6 is 23.2 Å². The fourth-order valence-electron chi connectivity index (χ4n) is 6.33. The minimum atomic E-state index is -3.10. The van der Waals surface area contributed by atoms with Gasteiger partial charge in [-0.3, -0.25) is 9.78 Å². The van der Waals surface area contributed by atoms with E-state index in [0.29, 0.717) is 23.7 Å². The van der Waals surface area contributed by atoms with Crippen molar-refractivity contribution in [3.8, 4) is 22.6 Å². The van der Waals surface area contributed by atoms with Gasteiger partial charge in [0.05, 0.1) is 23.3 Å². The average Bonchev–Trinajstić information content (AvgIpc) is 3.93. The Balaban J connectivity index is 1.23. The summed E-state index contributed by atoms with van der Waals surface area (Å²) in [6.45, 7) is -1.54. The lowest BCUT2D eigenvalue weighted by atomic mass is 9.98. The van der Waals surface area contributed by atoms with E-state index in [0.717, 1.165) is 35.1 Å². The van der Waals surface area contributed by atoms with E-state index in [9.17, 15) is 23.2 Å². The molecule has 0 radical (unpaired) electrons. The minimum Gasteiger partial charge on any atom is -0.489 e. The van der Waals surface area contributed by atoms with Crippen molar-refractivity contribution in [1.82, 2.24) is 10.3 Å². The number of carbonyl (C=O) groups excluding carboxylic acids is 3. The molecule has 2 aliphatic rings. The van der Waals surface area contributed by atoms with Crippen molar-refractivity contribution < 1.29 is 46.8 Å². The standard InChI is InChI=1S/C40H38Cl2F2N2O8/c1-23(47)50-16-6-11-34(46-40(49)52-22-31-28-9-4-2-7-26(28)27-8-3-5-10-29(27)31)38(48)53-36(18-30-32(41)19-45-20-33(30)42)25-14-15-35(54-39(43)44)37(17-25)51-21-24-12-13-24/h2-5,7-10,14-15,17,19-20,24,31,34,36,39H,6,11-13,16,18,21-22H2,1H3,(H,46,49)/t34-,36+/m1/s1. The summed E-state index contributed by atoms with van der Waals surface area (Å²) >= 11 is 12.9. The van der Waals surface area contributed by atoms with Crippen LogP contribution in [0.5, 0.6) is 11.5 Å². The number of amides is 1. The highest BCUT2D eigenvalue weighted by Gasteiger charge is 2.32. The molecule has 0 unspecified atom stereocenters. The molecule has 284 valence electrons. The lowest BCUT2D eigenvalue weighted by molar-refractivity contribution is -0.152. The Hall–Kier alpha value is -4.94. The predicted molar refractivity (Wildman–Crippen MR) is 196 cm³/mol. The van der Waals surface area contributed by atoms with E-state index in [1.807, 2.05) is 48.5 Å². The Kier molecular flexibility index (Phi) is 12.9. The van der Waals surface area contributed by atoms with Gasteiger partial charge in [-0.15, -0.1) is 0 Å². The van der Waals surface area contributed by atoms with Gasteiger partial charge in [0.1, 0.15) is 18.8 Å². The molecule has 4 aromatic rings. The third kappa shape index (κ3) is 9.97. The summed E-state index contributed by atoms with van der Waals surface area (Å²) in [6, 6.07) is 18.8. The van der Waals surface area contributed by atoms with Gasteiger partial charge in [0, 0.05) is 31.7 Å². The lowest BCUT2D eigenvalue weighted by Crippen LogP contribution is -2.43. The van der Waals surface area contributed by atoms with Gasteiger partial charge >= 0.3 is 24.6 Å². The lowest BCUT2D eigenvalue weighted by Gasteiger charge is -2.25. The van der Waals surface area contributed by atoms with Crippen LogP contribution in [-0.2, 0) is 30.2 Å². The molecule has 3 aromatic carbocycles. The maximum Gasteiger partial charge on any atom is 0.407 e. The fraction of sp³-hybridized carbons (Fsp3) is 0.350. The van der Waals surface area contributed by atoms with Crippen LogP contribution in [0.1, 0.15) is 66.9 Å². The van der Waals surface area contributed by atoms with Gasteiger partial charge in [-0.05, 0) is 77.1 Å². The van der Waals surface area contributed by atoms with Crippen LogP contribution in [0.2, 0.25) is 10.0 Å². The van der Waals surface area contributed by atoms with Gasteiger partial charge in [-0.1, -0.05) is 77.8 Å². The smallest absolute Gasteiger partial charge is 0.407 e. The Morgan fingerprint density at radius 2 is 1.56 bits per heavy atom. The molecule has 54 heavy (non-hydrogen) atoms. The van der Waals surface area contributed by atoms with Crippen LogP contribution < -0.4 is 14.8 Å². The predicted octanol–water partition coefficient (Wildman–Crippen LogP) is 8.86. The third-order valence-electron chi connectivity index (χ3n) is 9.19. The second-order valence-corrected chi connectivity index (χ2v) is 13.9. The number of nitrogens with one attached hydrogen (secondary N) is 1. The van der Waals surface area contributed by atoms with Gasteiger partial charge in [-0.25, -0.2) is 9.59 Å². The number of hydrogen-bond acceptors (Lipinski definition) is 9. The van der Waals surface area contributed by atoms with E-state index in [4.69, 9.17) is 46.9 Å². The second kappa shape index (κ2) is 17.9. The van der Waals surface area contributed by atoms with Crippen LogP contribution in [0.4, 0.5) is 13.6 Å². The van der Waals surface area contributed by atoms with Gasteiger partial charge in [0.25, 0.3) is 0 Å². The summed E-state index contributed by atoms with van der Waals surface area (Å²) in [5.41, 5.74) is 4.93. The first kappa shape index (κ1) is 38.8. The third-order valence-corrected chi connectivity index (χ3v) is 9.84. The Bertz CT molecular complexity index is 1910. The zero-order chi connectivity index (χ0) is 38.2. The number of hydrogen-bond donors (Lipinski definition) is 1. The molecule has 1 heterocycles. The summed E-state index contributed by atoms with van der Waals surface area (Å²) in [5, 5.41) is 3.05. The molecule has 0 bridgehead atoms. The largest absolute Gasteiger partial charge is 0.489 e. The van der Waals surface area contributed by atoms with Gasteiger partial charge in [0.15, 0.2) is 11.5 Å². The summed E-state index contributed by atoms with van der Waals surface area (Å²) < 4.78 is 54.0. The maximum absolute atomic E-state index is 14.0. The van der Waals surface area contributed by atoms with Crippen LogP contribution in [-0.4, -0.2) is 55.5 Å². The SMILES string of the molecule is CC(=O)OCCC[C@@H](NC(=O)OCC1c2ccccc2-c2ccccc21)C(=O)O[C@@H](Cc1c(Cl)cncc1Cl)c1ccc(OC(F)F)c(OCC2CC2)c1. The Morgan fingerprint density at radius 1 is 0.889 bits per heavy atom. The number of benzene rings is 3. The molecule has 0 aliphatic heterocycles. The van der Waals surface area contributed by atoms with E-state index >= 15 is 0 Å². The van der Waals surface area contributed by atoms with Crippen LogP contribution in [0.15, 0.2) is 79.1 Å². The van der Waals surface area contributed by atoms with E-state index < -0.39 is 36.8 Å². The molecule has 2 aliphatic carbocycles. The normalized spacial score (nSPS) is 14.4. The average molecular weight is 784 g/mol. The van der Waals surface area contributed by atoms with Crippen LogP contribution in [0.3, 0.4) is 0 Å². The fourth-order valence-corrected chi connectivity index (χ4v) is 6.85. The van der Waals surface area contributed by atoms with E-state index in [-0.39, 0.29) is 59.9 Å². The zero-order valence-electron chi connectivity index (χ0n) is 29.3. The summed E-state index contributed by atoms with van der Waals surface area (Å²) in [7, 11) is 0. The molecule has 1 amide bonds. The Morgan fingerprint density at radius 3 is 2.19 bits per heavy atom. The zero-order valence-corrected chi connectivity index (χ0v) is 30.8. The molecule has 0 saturated heterocycles. The summed E-state index contributed by atoms with van der Waals surface area (Å²) in [6.07, 6.45) is 2.92. The number of fused-ring (bicyclic) bond motifs is 3.